The van der Waals surface area contributed by atoms with E-state index in [9.17, 15) is 4.79 Å². The van der Waals surface area contributed by atoms with Crippen molar-refractivity contribution in [2.45, 2.75) is 31.2 Å². The standard InChI is InChI=1S/C26H24N2O/c29-24(19-21-11-4-1-5-12-21)17-10-18-26(23-15-8-3-9-16-23)25(27-20-28-26)22-13-6-2-7-14-22/h1-9,11-16,20H,10,17-19H2/p+1. The van der Waals surface area contributed by atoms with Gasteiger partial charge in [0.2, 0.25) is 5.71 Å². The van der Waals surface area contributed by atoms with E-state index in [1.54, 1.807) is 6.34 Å². The quantitative estimate of drug-likeness (QED) is 0.638. The van der Waals surface area contributed by atoms with Crippen molar-refractivity contribution in [2.24, 2.45) is 4.99 Å². The second-order valence-corrected chi connectivity index (χ2v) is 7.44. The summed E-state index contributed by atoms with van der Waals surface area (Å²) < 4.78 is 0. The normalized spacial score (nSPS) is 17.9. The molecule has 1 heterocycles. The van der Waals surface area contributed by atoms with Gasteiger partial charge in [-0.25, -0.2) is 0 Å². The fourth-order valence-corrected chi connectivity index (χ4v) is 4.04. The number of ketones is 1. The topological polar surface area (TPSA) is 43.4 Å². The van der Waals surface area contributed by atoms with Gasteiger partial charge in [0, 0.05) is 30.4 Å². The third kappa shape index (κ3) is 4.24. The number of nitrogens with one attached hydrogen (secondary N) is 1. The van der Waals surface area contributed by atoms with Gasteiger partial charge in [-0.1, -0.05) is 91.0 Å². The van der Waals surface area contributed by atoms with E-state index < -0.39 is 5.54 Å². The molecule has 0 fully saturated rings. The molecule has 144 valence electrons. The predicted molar refractivity (Wildman–Crippen MR) is 117 cm³/mol. The van der Waals surface area contributed by atoms with Crippen LogP contribution in [0.3, 0.4) is 0 Å². The fourth-order valence-electron chi connectivity index (χ4n) is 4.04. The highest BCUT2D eigenvalue weighted by Gasteiger charge is 2.45. The zero-order valence-corrected chi connectivity index (χ0v) is 16.4. The number of aliphatic imine (C=N–C) groups is 1. The molecule has 0 aliphatic carbocycles. The molecule has 0 radical (unpaired) electrons. The lowest BCUT2D eigenvalue weighted by Crippen LogP contribution is -2.83. The lowest BCUT2D eigenvalue weighted by Gasteiger charge is -2.24. The average molecular weight is 381 g/mol. The minimum absolute atomic E-state index is 0.277. The summed E-state index contributed by atoms with van der Waals surface area (Å²) in [4.78, 5) is 20.7. The first kappa shape index (κ1) is 19.0. The van der Waals surface area contributed by atoms with E-state index in [1.165, 1.54) is 5.56 Å². The number of hydrogen-bond donors (Lipinski definition) is 1. The van der Waals surface area contributed by atoms with Crippen molar-refractivity contribution in [1.29, 1.82) is 0 Å². The SMILES string of the molecule is O=C(CCCC1(c2ccccc2)[NH+]=CN=C1c1ccccc1)Cc1ccccc1. The number of carbonyl (C=O) groups excluding carboxylic acids is 1. The Morgan fingerprint density at radius 3 is 2.14 bits per heavy atom. The van der Waals surface area contributed by atoms with Gasteiger partial charge in [0.25, 0.3) is 6.34 Å². The van der Waals surface area contributed by atoms with E-state index in [4.69, 9.17) is 4.99 Å². The molecule has 3 heteroatoms. The van der Waals surface area contributed by atoms with Gasteiger partial charge in [0.05, 0.1) is 0 Å². The molecule has 1 aliphatic rings. The Morgan fingerprint density at radius 1 is 0.828 bits per heavy atom. The maximum absolute atomic E-state index is 12.5. The second-order valence-electron chi connectivity index (χ2n) is 7.44. The molecule has 0 amide bonds. The Balaban J connectivity index is 1.52. The molecule has 0 saturated heterocycles. The summed E-state index contributed by atoms with van der Waals surface area (Å²) in [6.07, 6.45) is 4.46. The van der Waals surface area contributed by atoms with E-state index in [1.807, 2.05) is 54.6 Å². The maximum atomic E-state index is 12.5. The van der Waals surface area contributed by atoms with Crippen LogP contribution in [0.2, 0.25) is 0 Å². The minimum Gasteiger partial charge on any atom is -0.299 e. The van der Waals surface area contributed by atoms with Crippen molar-refractivity contribution in [1.82, 2.24) is 0 Å². The lowest BCUT2D eigenvalue weighted by molar-refractivity contribution is -0.532. The predicted octanol–water partition coefficient (Wildman–Crippen LogP) is 3.48. The van der Waals surface area contributed by atoms with Crippen molar-refractivity contribution < 1.29 is 9.79 Å². The summed E-state index contributed by atoms with van der Waals surface area (Å²) in [5, 5.41) is 0. The highest BCUT2D eigenvalue weighted by Crippen LogP contribution is 2.29. The van der Waals surface area contributed by atoms with Crippen molar-refractivity contribution in [3.63, 3.8) is 0 Å². The summed E-state index contributed by atoms with van der Waals surface area (Å²) >= 11 is 0. The molecule has 3 nitrogen and oxygen atoms in total. The summed E-state index contributed by atoms with van der Waals surface area (Å²) in [7, 11) is 0. The number of carbonyl (C=O) groups is 1. The highest BCUT2D eigenvalue weighted by atomic mass is 16.1. The maximum Gasteiger partial charge on any atom is 0.281 e. The van der Waals surface area contributed by atoms with Crippen LogP contribution in [0.1, 0.15) is 36.0 Å². The lowest BCUT2D eigenvalue weighted by atomic mass is 9.78. The number of rotatable bonds is 8. The molecule has 29 heavy (non-hydrogen) atoms. The van der Waals surface area contributed by atoms with E-state index in [-0.39, 0.29) is 5.78 Å². The Hall–Kier alpha value is -3.33. The molecule has 3 aromatic rings. The van der Waals surface area contributed by atoms with Crippen molar-refractivity contribution in [3.05, 3.63) is 108 Å². The Labute approximate surface area is 171 Å². The molecular formula is C26H25N2O+. The van der Waals surface area contributed by atoms with Crippen LogP contribution in [0.4, 0.5) is 0 Å². The summed E-state index contributed by atoms with van der Waals surface area (Å²) in [6, 6.07) is 30.6. The van der Waals surface area contributed by atoms with Crippen LogP contribution >= 0.6 is 0 Å². The largest absolute Gasteiger partial charge is 0.299 e. The number of hydrogen-bond acceptors (Lipinski definition) is 2. The third-order valence-corrected chi connectivity index (χ3v) is 5.47. The molecule has 1 unspecified atom stereocenters. The fraction of sp³-hybridized carbons (Fsp3) is 0.192. The van der Waals surface area contributed by atoms with Gasteiger partial charge in [0.15, 0.2) is 5.54 Å². The Bertz CT molecular complexity index is 1010. The summed E-state index contributed by atoms with van der Waals surface area (Å²) in [5.41, 5.74) is 3.96. The Kier molecular flexibility index (Phi) is 5.76. The summed E-state index contributed by atoms with van der Waals surface area (Å²) in [6.45, 7) is 0. The van der Waals surface area contributed by atoms with Gasteiger partial charge in [-0.2, -0.15) is 0 Å². The van der Waals surface area contributed by atoms with Crippen molar-refractivity contribution >= 4 is 17.8 Å². The number of nitrogens with zero attached hydrogens (tertiary/aromatic N) is 1. The van der Waals surface area contributed by atoms with E-state index >= 15 is 0 Å². The smallest absolute Gasteiger partial charge is 0.281 e. The zero-order chi connectivity index (χ0) is 19.9. The molecule has 0 saturated carbocycles. The molecule has 0 aromatic heterocycles. The van der Waals surface area contributed by atoms with Crippen molar-refractivity contribution in [3.8, 4) is 0 Å². The molecule has 4 rings (SSSR count). The molecule has 1 N–H and O–H groups in total. The van der Waals surface area contributed by atoms with Gasteiger partial charge in [0.1, 0.15) is 5.78 Å². The van der Waals surface area contributed by atoms with Gasteiger partial charge >= 0.3 is 0 Å². The zero-order valence-electron chi connectivity index (χ0n) is 16.4. The van der Waals surface area contributed by atoms with Crippen LogP contribution in [0.25, 0.3) is 0 Å². The Morgan fingerprint density at radius 2 is 1.45 bits per heavy atom. The highest BCUT2D eigenvalue weighted by molar-refractivity contribution is 6.10. The monoisotopic (exact) mass is 381 g/mol. The van der Waals surface area contributed by atoms with Gasteiger partial charge in [-0.15, -0.1) is 0 Å². The molecule has 0 spiro atoms. The molecule has 1 aliphatic heterocycles. The third-order valence-electron chi connectivity index (χ3n) is 5.47. The van der Waals surface area contributed by atoms with E-state index in [0.717, 1.165) is 29.7 Å². The molecule has 3 aromatic carbocycles. The first-order valence-corrected chi connectivity index (χ1v) is 10.1. The average Bonchev–Trinajstić information content (AvgIpc) is 3.21. The minimum atomic E-state index is -0.407. The van der Waals surface area contributed by atoms with Crippen LogP contribution in [-0.2, 0) is 16.8 Å². The van der Waals surface area contributed by atoms with Crippen molar-refractivity contribution in [2.75, 3.05) is 0 Å². The first-order chi connectivity index (χ1) is 14.3. The van der Waals surface area contributed by atoms with Crippen LogP contribution in [0, 0.1) is 0 Å². The summed E-state index contributed by atoms with van der Waals surface area (Å²) in [5.74, 6) is 0.277. The van der Waals surface area contributed by atoms with E-state index in [0.29, 0.717) is 12.8 Å². The number of benzene rings is 3. The van der Waals surface area contributed by atoms with Gasteiger partial charge < -0.3 is 0 Å². The van der Waals surface area contributed by atoms with Crippen LogP contribution in [0.15, 0.2) is 96.0 Å². The van der Waals surface area contributed by atoms with Crippen LogP contribution in [-0.4, -0.2) is 17.8 Å². The van der Waals surface area contributed by atoms with Crippen LogP contribution in [0.5, 0.6) is 0 Å². The molecular weight excluding hydrogens is 356 g/mol. The van der Waals surface area contributed by atoms with E-state index in [2.05, 4.69) is 41.4 Å². The van der Waals surface area contributed by atoms with Crippen LogP contribution < -0.4 is 4.99 Å². The first-order valence-electron chi connectivity index (χ1n) is 10.1. The molecule has 1 atom stereocenters. The van der Waals surface area contributed by atoms with Gasteiger partial charge in [-0.3, -0.25) is 9.79 Å². The second kappa shape index (κ2) is 8.78. The van der Waals surface area contributed by atoms with Gasteiger partial charge in [-0.05, 0) is 17.0 Å². The number of Topliss-reactive ketones (excluding diaryl/α,β-unsaturated/α-hetero) is 1. The molecule has 0 bridgehead atoms.